The van der Waals surface area contributed by atoms with E-state index in [1.807, 2.05) is 0 Å². The van der Waals surface area contributed by atoms with Gasteiger partial charge in [-0.05, 0) is 36.1 Å². The van der Waals surface area contributed by atoms with Crippen molar-refractivity contribution in [3.05, 3.63) is 34.6 Å². The molecule has 0 aromatic heterocycles. The molecule has 0 saturated heterocycles. The molecule has 88 valence electrons. The Bertz CT molecular complexity index is 520. The molecule has 1 aliphatic heterocycles. The van der Waals surface area contributed by atoms with Gasteiger partial charge in [0.1, 0.15) is 11.6 Å². The van der Waals surface area contributed by atoms with Crippen LogP contribution in [0.3, 0.4) is 0 Å². The summed E-state index contributed by atoms with van der Waals surface area (Å²) in [7, 11) is 0. The number of benzene rings is 1. The molecule has 1 aromatic carbocycles. The number of Topliss-reactive ketones (excluding diaryl/α,β-unsaturated/α-hetero) is 1. The molecule has 1 aliphatic carbocycles. The molecule has 1 N–H and O–H groups in total. The van der Waals surface area contributed by atoms with Gasteiger partial charge in [0.2, 0.25) is 0 Å². The molecular weight excluding hydrogens is 221 g/mol. The van der Waals surface area contributed by atoms with E-state index in [0.29, 0.717) is 23.2 Å². The van der Waals surface area contributed by atoms with E-state index in [9.17, 15) is 14.0 Å². The zero-order chi connectivity index (χ0) is 12.0. The van der Waals surface area contributed by atoms with E-state index in [-0.39, 0.29) is 29.8 Å². The van der Waals surface area contributed by atoms with Crippen molar-refractivity contribution in [2.75, 3.05) is 0 Å². The lowest BCUT2D eigenvalue weighted by Gasteiger charge is -2.04. The molecule has 0 unspecified atom stereocenters. The second-order valence-electron chi connectivity index (χ2n) is 4.70. The molecule has 3 rings (SSSR count). The minimum atomic E-state index is -0.380. The van der Waals surface area contributed by atoms with E-state index in [2.05, 4.69) is 5.32 Å². The first-order valence-corrected chi connectivity index (χ1v) is 5.77. The van der Waals surface area contributed by atoms with Crippen LogP contribution in [0.5, 0.6) is 0 Å². The van der Waals surface area contributed by atoms with Gasteiger partial charge in [-0.3, -0.25) is 9.59 Å². The highest BCUT2D eigenvalue weighted by molar-refractivity contribution is 5.98. The number of carbonyl (C=O) groups excluding carboxylic acids is 2. The van der Waals surface area contributed by atoms with E-state index in [1.54, 1.807) is 0 Å². The summed E-state index contributed by atoms with van der Waals surface area (Å²) in [6.45, 7) is 0.377. The number of hydrogen-bond acceptors (Lipinski definition) is 2. The summed E-state index contributed by atoms with van der Waals surface area (Å²) in [4.78, 5) is 23.1. The molecule has 4 heteroatoms. The first-order chi connectivity index (χ1) is 8.15. The van der Waals surface area contributed by atoms with E-state index in [4.69, 9.17) is 0 Å². The Hall–Kier alpha value is -1.71. The number of amides is 1. The van der Waals surface area contributed by atoms with Crippen LogP contribution in [0, 0.1) is 11.7 Å². The lowest BCUT2D eigenvalue weighted by Crippen LogP contribution is -2.13. The molecule has 0 spiro atoms. The van der Waals surface area contributed by atoms with Crippen molar-refractivity contribution in [1.82, 2.24) is 5.32 Å². The van der Waals surface area contributed by atoms with E-state index < -0.39 is 0 Å². The smallest absolute Gasteiger partial charge is 0.251 e. The average molecular weight is 233 g/mol. The van der Waals surface area contributed by atoms with Crippen LogP contribution < -0.4 is 5.32 Å². The maximum Gasteiger partial charge on any atom is 0.251 e. The van der Waals surface area contributed by atoms with Crippen LogP contribution in [0.15, 0.2) is 12.1 Å². The van der Waals surface area contributed by atoms with Crippen molar-refractivity contribution < 1.29 is 14.0 Å². The van der Waals surface area contributed by atoms with E-state index in [0.717, 1.165) is 12.8 Å². The predicted molar refractivity (Wildman–Crippen MR) is 59.0 cm³/mol. The fourth-order valence-corrected chi connectivity index (χ4v) is 2.16. The Morgan fingerprint density at radius 3 is 2.88 bits per heavy atom. The molecule has 0 bridgehead atoms. The number of hydrogen-bond donors (Lipinski definition) is 1. The molecule has 2 aliphatic rings. The summed E-state index contributed by atoms with van der Waals surface area (Å²) >= 11 is 0. The molecular formula is C13H12FNO2. The first kappa shape index (κ1) is 10.4. The Labute approximate surface area is 98.0 Å². The third kappa shape index (κ3) is 1.84. The monoisotopic (exact) mass is 233 g/mol. The first-order valence-electron chi connectivity index (χ1n) is 5.77. The van der Waals surface area contributed by atoms with Crippen molar-refractivity contribution in [1.29, 1.82) is 0 Å². The normalized spacial score (nSPS) is 17.8. The van der Waals surface area contributed by atoms with Crippen molar-refractivity contribution in [3.63, 3.8) is 0 Å². The number of rotatable bonds is 3. The fraction of sp³-hybridized carbons (Fsp3) is 0.385. The lowest BCUT2D eigenvalue weighted by molar-refractivity contribution is -0.119. The molecule has 1 heterocycles. The zero-order valence-electron chi connectivity index (χ0n) is 9.25. The van der Waals surface area contributed by atoms with Crippen molar-refractivity contribution >= 4 is 11.7 Å². The number of fused-ring (bicyclic) bond motifs is 1. The van der Waals surface area contributed by atoms with Gasteiger partial charge in [0, 0.05) is 24.4 Å². The highest BCUT2D eigenvalue weighted by Gasteiger charge is 2.30. The standard InChI is InChI=1S/C13H12FNO2/c14-11-4-9-6-15-13(17)10(9)3-8(11)5-12(16)7-1-2-7/h3-4,7H,1-2,5-6H2,(H,15,17). The second-order valence-corrected chi connectivity index (χ2v) is 4.70. The average Bonchev–Trinajstić information content (AvgIpc) is 3.08. The van der Waals surface area contributed by atoms with Crippen LogP contribution >= 0.6 is 0 Å². The third-order valence-corrected chi connectivity index (χ3v) is 3.35. The molecule has 1 amide bonds. The largest absolute Gasteiger partial charge is 0.348 e. The van der Waals surface area contributed by atoms with Gasteiger partial charge in [0.15, 0.2) is 0 Å². The van der Waals surface area contributed by atoms with Gasteiger partial charge in [-0.1, -0.05) is 0 Å². The highest BCUT2D eigenvalue weighted by atomic mass is 19.1. The van der Waals surface area contributed by atoms with Crippen LogP contribution in [0.2, 0.25) is 0 Å². The Kier molecular flexibility index (Phi) is 2.24. The second kappa shape index (κ2) is 3.65. The Balaban J connectivity index is 1.91. The van der Waals surface area contributed by atoms with Crippen molar-refractivity contribution in [2.45, 2.75) is 25.8 Å². The predicted octanol–water partition coefficient (Wildman–Crippen LogP) is 1.59. The van der Waals surface area contributed by atoms with Crippen molar-refractivity contribution in [3.8, 4) is 0 Å². The van der Waals surface area contributed by atoms with E-state index >= 15 is 0 Å². The topological polar surface area (TPSA) is 46.2 Å². The Morgan fingerprint density at radius 1 is 1.41 bits per heavy atom. The number of ketones is 1. The SMILES string of the molecule is O=C1NCc2cc(F)c(CC(=O)C3CC3)cc21. The number of nitrogens with one attached hydrogen (secondary N) is 1. The van der Waals surface area contributed by atoms with Crippen LogP contribution in [0.4, 0.5) is 4.39 Å². The van der Waals surface area contributed by atoms with Crippen LogP contribution in [-0.4, -0.2) is 11.7 Å². The molecule has 1 aromatic rings. The summed E-state index contributed by atoms with van der Waals surface area (Å²) in [5.41, 5.74) is 1.53. The number of halogens is 1. The lowest BCUT2D eigenvalue weighted by atomic mass is 10.0. The minimum absolute atomic E-state index is 0.0854. The van der Waals surface area contributed by atoms with Gasteiger partial charge in [-0.2, -0.15) is 0 Å². The van der Waals surface area contributed by atoms with Gasteiger partial charge in [0.05, 0.1) is 0 Å². The molecule has 1 saturated carbocycles. The zero-order valence-corrected chi connectivity index (χ0v) is 9.25. The highest BCUT2D eigenvalue weighted by Crippen LogP contribution is 2.31. The molecule has 17 heavy (non-hydrogen) atoms. The van der Waals surface area contributed by atoms with Crippen LogP contribution in [0.1, 0.15) is 34.3 Å². The van der Waals surface area contributed by atoms with Crippen molar-refractivity contribution in [2.24, 2.45) is 5.92 Å². The summed E-state index contributed by atoms with van der Waals surface area (Å²) in [6.07, 6.45) is 1.95. The van der Waals surface area contributed by atoms with Gasteiger partial charge >= 0.3 is 0 Å². The summed E-state index contributed by atoms with van der Waals surface area (Å²) < 4.78 is 13.7. The number of carbonyl (C=O) groups is 2. The maximum absolute atomic E-state index is 13.7. The Morgan fingerprint density at radius 2 is 2.18 bits per heavy atom. The van der Waals surface area contributed by atoms with Crippen LogP contribution in [-0.2, 0) is 17.8 Å². The van der Waals surface area contributed by atoms with Gasteiger partial charge < -0.3 is 5.32 Å². The van der Waals surface area contributed by atoms with Gasteiger partial charge in [-0.15, -0.1) is 0 Å². The summed E-state index contributed by atoms with van der Waals surface area (Å²) in [6, 6.07) is 2.88. The summed E-state index contributed by atoms with van der Waals surface area (Å²) in [5, 5.41) is 2.64. The quantitative estimate of drug-likeness (QED) is 0.861. The molecule has 1 fully saturated rings. The van der Waals surface area contributed by atoms with Crippen LogP contribution in [0.25, 0.3) is 0 Å². The maximum atomic E-state index is 13.7. The molecule has 3 nitrogen and oxygen atoms in total. The minimum Gasteiger partial charge on any atom is -0.348 e. The fourth-order valence-electron chi connectivity index (χ4n) is 2.16. The molecule has 0 radical (unpaired) electrons. The van der Waals surface area contributed by atoms with Gasteiger partial charge in [-0.25, -0.2) is 4.39 Å². The molecule has 0 atom stereocenters. The summed E-state index contributed by atoms with van der Waals surface area (Å²) in [5.74, 6) is -0.354. The van der Waals surface area contributed by atoms with E-state index in [1.165, 1.54) is 12.1 Å². The van der Waals surface area contributed by atoms with Gasteiger partial charge in [0.25, 0.3) is 5.91 Å². The third-order valence-electron chi connectivity index (χ3n) is 3.35.